The normalized spacial score (nSPS) is 23.8. The molecule has 0 radical (unpaired) electrons. The molecular weight excluding hydrogens is 358 g/mol. The molecule has 2 amide bonds. The number of likely N-dealkylation sites (tertiary alicyclic amines) is 1. The second kappa shape index (κ2) is 7.26. The van der Waals surface area contributed by atoms with Crippen molar-refractivity contribution in [2.45, 2.75) is 52.7 Å². The summed E-state index contributed by atoms with van der Waals surface area (Å²) >= 11 is 0. The molecule has 1 aliphatic heterocycles. The van der Waals surface area contributed by atoms with Gasteiger partial charge >= 0.3 is 6.09 Å². The van der Waals surface area contributed by atoms with Crippen molar-refractivity contribution in [1.29, 1.82) is 0 Å². The van der Waals surface area contributed by atoms with Crippen LogP contribution in [0.25, 0.3) is 0 Å². The molecule has 1 saturated carbocycles. The molecule has 2 aliphatic rings. The van der Waals surface area contributed by atoms with E-state index < -0.39 is 11.1 Å². The van der Waals surface area contributed by atoms with Crippen LogP contribution < -0.4 is 10.1 Å². The third kappa shape index (κ3) is 4.75. The molecule has 0 bridgehead atoms. The molecule has 1 aliphatic carbocycles. The Hall–Kier alpha value is -2.31. The van der Waals surface area contributed by atoms with Gasteiger partial charge in [-0.15, -0.1) is 0 Å². The lowest BCUT2D eigenvalue weighted by molar-refractivity contribution is -0.125. The fourth-order valence-corrected chi connectivity index (χ4v) is 3.70. The highest BCUT2D eigenvalue weighted by Gasteiger charge is 2.61. The first-order valence-corrected chi connectivity index (χ1v) is 9.80. The molecule has 1 saturated heterocycles. The average molecular weight is 389 g/mol. The molecular formula is C21H31N3O4. The first kappa shape index (κ1) is 20.4. The zero-order chi connectivity index (χ0) is 20.7. The van der Waals surface area contributed by atoms with Crippen molar-refractivity contribution in [2.24, 2.45) is 17.8 Å². The number of fused-ring (bicyclic) bond motifs is 1. The summed E-state index contributed by atoms with van der Waals surface area (Å²) < 4.78 is 11.3. The third-order valence-electron chi connectivity index (χ3n) is 5.19. The topological polar surface area (TPSA) is 80.8 Å². The van der Waals surface area contributed by atoms with Crippen LogP contribution in [0.1, 0.15) is 40.2 Å². The Balaban J connectivity index is 1.46. The number of carbonyl (C=O) groups is 2. The summed E-state index contributed by atoms with van der Waals surface area (Å²) in [5.41, 5.74) is 0.00867. The van der Waals surface area contributed by atoms with E-state index in [2.05, 4.69) is 10.3 Å². The summed E-state index contributed by atoms with van der Waals surface area (Å²) in [4.78, 5) is 30.7. The van der Waals surface area contributed by atoms with E-state index in [0.717, 1.165) is 11.3 Å². The molecule has 0 spiro atoms. The van der Waals surface area contributed by atoms with Crippen LogP contribution in [0.3, 0.4) is 0 Å². The van der Waals surface area contributed by atoms with Gasteiger partial charge in [-0.1, -0.05) is 0 Å². The highest BCUT2D eigenvalue weighted by molar-refractivity contribution is 5.84. The largest absolute Gasteiger partial charge is 0.489 e. The number of ether oxygens (including phenoxy) is 2. The minimum absolute atomic E-state index is 0.0295. The summed E-state index contributed by atoms with van der Waals surface area (Å²) in [6.07, 6.45) is 3.12. The summed E-state index contributed by atoms with van der Waals surface area (Å²) in [5.74, 6) is 1.18. The van der Waals surface area contributed by atoms with Crippen LogP contribution in [0, 0.1) is 24.7 Å². The smallest absolute Gasteiger partial charge is 0.410 e. The van der Waals surface area contributed by atoms with E-state index in [1.807, 2.05) is 47.6 Å². The van der Waals surface area contributed by atoms with Crippen molar-refractivity contribution in [3.05, 3.63) is 24.0 Å². The minimum atomic E-state index is -0.503. The van der Waals surface area contributed by atoms with Crippen LogP contribution in [0.4, 0.5) is 4.79 Å². The fourth-order valence-electron chi connectivity index (χ4n) is 3.70. The standard InChI is InChI=1S/C21H31N3O4/c1-13-7-8-22-9-16(13)27-12-21(5,6)23-18(25)17-14-10-24(11-15(14)17)19(26)28-20(2,3)4/h7-9,14-15,17H,10-12H2,1-6H3,(H,23,25)/t14-,15+,17?. The fraction of sp³-hybridized carbons (Fsp3) is 0.667. The zero-order valence-corrected chi connectivity index (χ0v) is 17.6. The molecule has 1 aromatic rings. The molecule has 28 heavy (non-hydrogen) atoms. The number of carbonyl (C=O) groups excluding carboxylic acids is 2. The second-order valence-corrected chi connectivity index (χ2v) is 9.54. The number of aryl methyl sites for hydroxylation is 1. The minimum Gasteiger partial charge on any atom is -0.489 e. The molecule has 3 rings (SSSR count). The van der Waals surface area contributed by atoms with E-state index >= 15 is 0 Å². The monoisotopic (exact) mass is 389 g/mol. The molecule has 2 fully saturated rings. The van der Waals surface area contributed by atoms with Crippen LogP contribution in [0.2, 0.25) is 0 Å². The van der Waals surface area contributed by atoms with Gasteiger partial charge in [0, 0.05) is 25.2 Å². The predicted molar refractivity (Wildman–Crippen MR) is 105 cm³/mol. The summed E-state index contributed by atoms with van der Waals surface area (Å²) in [7, 11) is 0. The van der Waals surface area contributed by atoms with E-state index in [0.29, 0.717) is 19.7 Å². The summed E-state index contributed by atoms with van der Waals surface area (Å²) in [6.45, 7) is 13.0. The van der Waals surface area contributed by atoms with Crippen LogP contribution in [-0.2, 0) is 9.53 Å². The quantitative estimate of drug-likeness (QED) is 0.838. The predicted octanol–water partition coefficient (Wildman–Crippen LogP) is 2.78. The SMILES string of the molecule is Cc1ccncc1OCC(C)(C)NC(=O)C1[C@H]2CN(C(=O)OC(C)(C)C)C[C@@H]12. The van der Waals surface area contributed by atoms with Crippen molar-refractivity contribution >= 4 is 12.0 Å². The number of amides is 2. The molecule has 154 valence electrons. The average Bonchev–Trinajstić information content (AvgIpc) is 3.07. The number of aromatic nitrogens is 1. The van der Waals surface area contributed by atoms with Gasteiger partial charge in [0.1, 0.15) is 18.0 Å². The van der Waals surface area contributed by atoms with Crippen molar-refractivity contribution in [2.75, 3.05) is 19.7 Å². The van der Waals surface area contributed by atoms with Crippen LogP contribution in [0.15, 0.2) is 18.5 Å². The van der Waals surface area contributed by atoms with E-state index in [4.69, 9.17) is 9.47 Å². The Labute approximate surface area is 166 Å². The molecule has 7 nitrogen and oxygen atoms in total. The van der Waals surface area contributed by atoms with Gasteiger partial charge in [0.05, 0.1) is 11.7 Å². The Morgan fingerprint density at radius 3 is 2.43 bits per heavy atom. The van der Waals surface area contributed by atoms with Crippen LogP contribution >= 0.6 is 0 Å². The van der Waals surface area contributed by atoms with Crippen molar-refractivity contribution < 1.29 is 19.1 Å². The lowest BCUT2D eigenvalue weighted by Crippen LogP contribution is -2.49. The lowest BCUT2D eigenvalue weighted by atomic mass is 10.1. The summed E-state index contributed by atoms with van der Waals surface area (Å²) in [5, 5.41) is 3.10. The lowest BCUT2D eigenvalue weighted by Gasteiger charge is -2.28. The molecule has 7 heteroatoms. The number of hydrogen-bond donors (Lipinski definition) is 1. The third-order valence-corrected chi connectivity index (χ3v) is 5.19. The Kier molecular flexibility index (Phi) is 5.30. The highest BCUT2D eigenvalue weighted by Crippen LogP contribution is 2.52. The number of rotatable bonds is 5. The van der Waals surface area contributed by atoms with Gasteiger partial charge in [0.15, 0.2) is 0 Å². The zero-order valence-electron chi connectivity index (χ0n) is 17.6. The van der Waals surface area contributed by atoms with Crippen molar-refractivity contribution in [3.8, 4) is 5.75 Å². The van der Waals surface area contributed by atoms with Gasteiger partial charge < -0.3 is 19.7 Å². The second-order valence-electron chi connectivity index (χ2n) is 9.54. The van der Waals surface area contributed by atoms with E-state index in [-0.39, 0.29) is 29.8 Å². The number of pyridine rings is 1. The Bertz CT molecular complexity index is 744. The number of nitrogens with one attached hydrogen (secondary N) is 1. The highest BCUT2D eigenvalue weighted by atomic mass is 16.6. The molecule has 1 unspecified atom stereocenters. The molecule has 1 N–H and O–H groups in total. The van der Waals surface area contributed by atoms with Crippen LogP contribution in [-0.4, -0.2) is 52.7 Å². The van der Waals surface area contributed by atoms with Gasteiger partial charge in [-0.25, -0.2) is 4.79 Å². The Morgan fingerprint density at radius 2 is 1.86 bits per heavy atom. The van der Waals surface area contributed by atoms with E-state index in [1.54, 1.807) is 17.3 Å². The van der Waals surface area contributed by atoms with E-state index in [1.165, 1.54) is 0 Å². The molecule has 1 aromatic heterocycles. The van der Waals surface area contributed by atoms with Crippen molar-refractivity contribution in [3.63, 3.8) is 0 Å². The van der Waals surface area contributed by atoms with Gasteiger partial charge in [0.25, 0.3) is 0 Å². The number of piperidine rings is 1. The molecule has 3 atom stereocenters. The molecule has 0 aromatic carbocycles. The van der Waals surface area contributed by atoms with E-state index in [9.17, 15) is 9.59 Å². The number of hydrogen-bond acceptors (Lipinski definition) is 5. The summed E-state index contributed by atoms with van der Waals surface area (Å²) in [6, 6.07) is 1.89. The van der Waals surface area contributed by atoms with Gasteiger partial charge in [-0.3, -0.25) is 9.78 Å². The van der Waals surface area contributed by atoms with Gasteiger partial charge in [-0.05, 0) is 65.0 Å². The first-order chi connectivity index (χ1) is 13.0. The maximum atomic E-state index is 12.7. The maximum absolute atomic E-state index is 12.7. The molecule has 2 heterocycles. The number of nitrogens with zero attached hydrogens (tertiary/aromatic N) is 2. The first-order valence-electron chi connectivity index (χ1n) is 9.80. The van der Waals surface area contributed by atoms with Crippen LogP contribution in [0.5, 0.6) is 5.75 Å². The van der Waals surface area contributed by atoms with Gasteiger partial charge in [-0.2, -0.15) is 0 Å². The van der Waals surface area contributed by atoms with Crippen molar-refractivity contribution in [1.82, 2.24) is 15.2 Å². The Morgan fingerprint density at radius 1 is 1.21 bits per heavy atom. The maximum Gasteiger partial charge on any atom is 0.410 e. The van der Waals surface area contributed by atoms with Gasteiger partial charge in [0.2, 0.25) is 5.91 Å².